The van der Waals surface area contributed by atoms with Gasteiger partial charge >= 0.3 is 0 Å². The summed E-state index contributed by atoms with van der Waals surface area (Å²) >= 11 is 0. The summed E-state index contributed by atoms with van der Waals surface area (Å²) in [7, 11) is 0. The molecule has 0 aromatic heterocycles. The maximum absolute atomic E-state index is 10.9. The molecule has 1 rings (SSSR count). The Hall–Kier alpha value is -1.91. The normalized spacial score (nSPS) is 10.8. The Morgan fingerprint density at radius 3 is 1.89 bits per heavy atom. The Morgan fingerprint density at radius 1 is 1.17 bits per heavy atom. The monoisotopic (exact) mass is 251 g/mol. The molecule has 0 fully saturated rings. The van der Waals surface area contributed by atoms with Crippen LogP contribution in [-0.4, -0.2) is 11.4 Å². The topological polar surface area (TPSA) is 69.4 Å². The van der Waals surface area contributed by atoms with Crippen molar-refractivity contribution in [1.29, 1.82) is 0 Å². The number of benzene rings is 1. The Morgan fingerprint density at radius 2 is 1.61 bits per heavy atom. The summed E-state index contributed by atoms with van der Waals surface area (Å²) in [5, 5.41) is 10.9. The van der Waals surface area contributed by atoms with Crippen LogP contribution in [0.15, 0.2) is 12.1 Å². The predicted molar refractivity (Wildman–Crippen MR) is 68.0 cm³/mol. The number of rotatable bonds is 5. The first-order chi connectivity index (χ1) is 8.38. The number of hydrogen-bond acceptors (Lipinski definition) is 4. The second kappa shape index (κ2) is 5.62. The molecular formula is C13H17NO4. The van der Waals surface area contributed by atoms with E-state index < -0.39 is 4.92 Å². The summed E-state index contributed by atoms with van der Waals surface area (Å²) in [4.78, 5) is 21.1. The maximum Gasteiger partial charge on any atom is 0.298 e. The number of nitrogens with zero attached hydrogens (tertiary/aromatic N) is 1. The third-order valence-corrected chi connectivity index (χ3v) is 2.75. The molecule has 0 saturated carbocycles. The molecule has 0 heterocycles. The molecule has 0 spiro atoms. The van der Waals surface area contributed by atoms with Crippen LogP contribution < -0.4 is 4.74 Å². The fourth-order valence-corrected chi connectivity index (χ4v) is 1.81. The van der Waals surface area contributed by atoms with E-state index >= 15 is 0 Å². The molecule has 5 heteroatoms. The number of nitro groups is 1. The second-order valence-corrected chi connectivity index (χ2v) is 4.73. The van der Waals surface area contributed by atoms with Gasteiger partial charge in [0.25, 0.3) is 12.2 Å². The third kappa shape index (κ3) is 2.85. The molecule has 1 aromatic rings. The third-order valence-electron chi connectivity index (χ3n) is 2.75. The molecule has 0 radical (unpaired) electrons. The van der Waals surface area contributed by atoms with Crippen LogP contribution in [0.4, 0.5) is 5.69 Å². The minimum absolute atomic E-state index is 0.0284. The lowest BCUT2D eigenvalue weighted by molar-refractivity contribution is -0.385. The lowest BCUT2D eigenvalue weighted by atomic mass is 9.93. The van der Waals surface area contributed by atoms with E-state index in [1.54, 1.807) is 0 Å². The van der Waals surface area contributed by atoms with Crippen molar-refractivity contribution in [2.75, 3.05) is 0 Å². The molecule has 0 aliphatic heterocycles. The van der Waals surface area contributed by atoms with E-state index in [1.807, 2.05) is 27.7 Å². The molecule has 0 saturated heterocycles. The van der Waals surface area contributed by atoms with E-state index in [2.05, 4.69) is 0 Å². The minimum atomic E-state index is -0.428. The van der Waals surface area contributed by atoms with Crippen LogP contribution in [0.2, 0.25) is 0 Å². The van der Waals surface area contributed by atoms with Crippen LogP contribution in [0.5, 0.6) is 5.75 Å². The predicted octanol–water partition coefficient (Wildman–Crippen LogP) is 3.38. The van der Waals surface area contributed by atoms with E-state index in [0.717, 1.165) is 0 Å². The van der Waals surface area contributed by atoms with Crippen molar-refractivity contribution in [2.45, 2.75) is 39.5 Å². The van der Waals surface area contributed by atoms with Gasteiger partial charge in [0.2, 0.25) is 0 Å². The molecule has 1 aromatic carbocycles. The highest BCUT2D eigenvalue weighted by Crippen LogP contribution is 2.37. The molecule has 0 N–H and O–H groups in total. The van der Waals surface area contributed by atoms with Crippen LogP contribution >= 0.6 is 0 Å². The van der Waals surface area contributed by atoms with Gasteiger partial charge in [-0.2, -0.15) is 0 Å². The largest absolute Gasteiger partial charge is 0.428 e. The standard InChI is InChI=1S/C13H17NO4/c1-8(2)11-5-10(14(16)17)6-12(9(3)4)13(11)18-7-15/h5-9H,1-4H3. The average Bonchev–Trinajstić information content (AvgIpc) is 2.28. The molecule has 5 nitrogen and oxygen atoms in total. The summed E-state index contributed by atoms with van der Waals surface area (Å²) in [6.45, 7) is 7.97. The van der Waals surface area contributed by atoms with Crippen LogP contribution in [0.1, 0.15) is 50.7 Å². The molecule has 0 unspecified atom stereocenters. The first-order valence-electron chi connectivity index (χ1n) is 5.81. The fraction of sp³-hybridized carbons (Fsp3) is 0.462. The van der Waals surface area contributed by atoms with Crippen molar-refractivity contribution in [3.63, 3.8) is 0 Å². The van der Waals surface area contributed by atoms with Gasteiger partial charge in [-0.25, -0.2) is 0 Å². The minimum Gasteiger partial charge on any atom is -0.428 e. The maximum atomic E-state index is 10.9. The summed E-state index contributed by atoms with van der Waals surface area (Å²) < 4.78 is 5.02. The zero-order valence-electron chi connectivity index (χ0n) is 11.0. The van der Waals surface area contributed by atoms with Crippen LogP contribution in [0.3, 0.4) is 0 Å². The van der Waals surface area contributed by atoms with E-state index in [4.69, 9.17) is 4.74 Å². The SMILES string of the molecule is CC(C)c1cc([N+](=O)[O-])cc(C(C)C)c1OC=O. The summed E-state index contributed by atoms with van der Waals surface area (Å²) in [5.74, 6) is 0.523. The smallest absolute Gasteiger partial charge is 0.298 e. The van der Waals surface area contributed by atoms with Crippen molar-refractivity contribution in [3.05, 3.63) is 33.4 Å². The molecular weight excluding hydrogens is 234 g/mol. The number of carbonyl (C=O) groups excluding carboxylic acids is 1. The highest BCUT2D eigenvalue weighted by atomic mass is 16.6. The van der Waals surface area contributed by atoms with E-state index in [0.29, 0.717) is 23.3 Å². The number of non-ortho nitro benzene ring substituents is 1. The van der Waals surface area contributed by atoms with E-state index in [-0.39, 0.29) is 17.5 Å². The molecule has 18 heavy (non-hydrogen) atoms. The second-order valence-electron chi connectivity index (χ2n) is 4.73. The van der Waals surface area contributed by atoms with E-state index in [9.17, 15) is 14.9 Å². The van der Waals surface area contributed by atoms with Gasteiger partial charge in [-0.3, -0.25) is 14.9 Å². The van der Waals surface area contributed by atoms with Crippen LogP contribution in [0, 0.1) is 10.1 Å². The summed E-state index contributed by atoms with van der Waals surface area (Å²) in [5.41, 5.74) is 1.39. The molecule has 0 aliphatic carbocycles. The van der Waals surface area contributed by atoms with Crippen LogP contribution in [-0.2, 0) is 4.79 Å². The van der Waals surface area contributed by atoms with Crippen molar-refractivity contribution < 1.29 is 14.5 Å². The lowest BCUT2D eigenvalue weighted by Crippen LogP contribution is -2.04. The van der Waals surface area contributed by atoms with Gasteiger partial charge in [0.05, 0.1) is 4.92 Å². The van der Waals surface area contributed by atoms with Gasteiger partial charge in [0, 0.05) is 23.3 Å². The van der Waals surface area contributed by atoms with Crippen molar-refractivity contribution in [1.82, 2.24) is 0 Å². The van der Waals surface area contributed by atoms with E-state index in [1.165, 1.54) is 12.1 Å². The molecule has 0 bridgehead atoms. The van der Waals surface area contributed by atoms with Crippen molar-refractivity contribution in [2.24, 2.45) is 0 Å². The zero-order valence-corrected chi connectivity index (χ0v) is 11.0. The number of ether oxygens (including phenoxy) is 1. The molecule has 98 valence electrons. The zero-order chi connectivity index (χ0) is 13.9. The highest BCUT2D eigenvalue weighted by molar-refractivity contribution is 5.57. The van der Waals surface area contributed by atoms with Gasteiger partial charge in [0.15, 0.2) is 0 Å². The van der Waals surface area contributed by atoms with Crippen LogP contribution in [0.25, 0.3) is 0 Å². The number of carbonyl (C=O) groups is 1. The highest BCUT2D eigenvalue weighted by Gasteiger charge is 2.21. The van der Waals surface area contributed by atoms with Crippen molar-refractivity contribution >= 4 is 12.2 Å². The Balaban J connectivity index is 3.53. The first-order valence-corrected chi connectivity index (χ1v) is 5.81. The summed E-state index contributed by atoms with van der Waals surface area (Å²) in [6.07, 6.45) is 0. The van der Waals surface area contributed by atoms with Gasteiger partial charge < -0.3 is 4.74 Å². The Bertz CT molecular complexity index is 437. The first kappa shape index (κ1) is 14.2. The average molecular weight is 251 g/mol. The van der Waals surface area contributed by atoms with Gasteiger partial charge in [-0.05, 0) is 11.8 Å². The number of nitro benzene ring substituents is 1. The summed E-state index contributed by atoms with van der Waals surface area (Å²) in [6, 6.07) is 2.94. The van der Waals surface area contributed by atoms with Gasteiger partial charge in [-0.1, -0.05) is 27.7 Å². The molecule has 0 aliphatic rings. The van der Waals surface area contributed by atoms with Crippen molar-refractivity contribution in [3.8, 4) is 5.75 Å². The Kier molecular flexibility index (Phi) is 4.42. The molecule has 0 atom stereocenters. The fourth-order valence-electron chi connectivity index (χ4n) is 1.81. The lowest BCUT2D eigenvalue weighted by Gasteiger charge is -2.17. The van der Waals surface area contributed by atoms with Gasteiger partial charge in [-0.15, -0.1) is 0 Å². The number of hydrogen-bond donors (Lipinski definition) is 0. The Labute approximate surface area is 106 Å². The molecule has 0 amide bonds. The quantitative estimate of drug-likeness (QED) is 0.457. The van der Waals surface area contributed by atoms with Gasteiger partial charge in [0.1, 0.15) is 5.75 Å².